The summed E-state index contributed by atoms with van der Waals surface area (Å²) in [6.07, 6.45) is 9.02. The van der Waals surface area contributed by atoms with E-state index in [1.54, 1.807) is 25.3 Å². The summed E-state index contributed by atoms with van der Waals surface area (Å²) >= 11 is 0. The van der Waals surface area contributed by atoms with Crippen molar-refractivity contribution in [3.8, 4) is 11.5 Å². The minimum absolute atomic E-state index is 0.0166. The van der Waals surface area contributed by atoms with Crippen LogP contribution in [-0.4, -0.2) is 36.1 Å². The lowest BCUT2D eigenvalue weighted by molar-refractivity contribution is -0.127. The van der Waals surface area contributed by atoms with Crippen molar-refractivity contribution < 1.29 is 14.6 Å². The number of methoxy groups -OCH3 is 1. The number of nitrogens with zero attached hydrogens (tertiary/aromatic N) is 1. The minimum atomic E-state index is -0.0166. The Morgan fingerprint density at radius 1 is 1.33 bits per heavy atom. The number of ether oxygens (including phenoxy) is 1. The summed E-state index contributed by atoms with van der Waals surface area (Å²) < 4.78 is 5.03. The molecule has 1 N–H and O–H groups in total. The van der Waals surface area contributed by atoms with E-state index in [2.05, 4.69) is 0 Å². The number of hydrogen-bond acceptors (Lipinski definition) is 3. The maximum atomic E-state index is 12.2. The second kappa shape index (κ2) is 7.16. The lowest BCUT2D eigenvalue weighted by atomic mass is 9.94. The van der Waals surface area contributed by atoms with Crippen molar-refractivity contribution in [2.75, 3.05) is 14.2 Å². The zero-order chi connectivity index (χ0) is 15.2. The van der Waals surface area contributed by atoms with Crippen LogP contribution in [0.4, 0.5) is 0 Å². The molecule has 114 valence electrons. The van der Waals surface area contributed by atoms with Gasteiger partial charge in [-0.15, -0.1) is 0 Å². The topological polar surface area (TPSA) is 49.8 Å². The average Bonchev–Trinajstić information content (AvgIpc) is 2.53. The van der Waals surface area contributed by atoms with Gasteiger partial charge in [0, 0.05) is 30.8 Å². The van der Waals surface area contributed by atoms with E-state index in [0.717, 1.165) is 12.8 Å². The number of carbonyl (C=O) groups excluding carboxylic acids is 1. The Bertz CT molecular complexity index is 519. The molecule has 0 aromatic heterocycles. The van der Waals surface area contributed by atoms with Gasteiger partial charge in [0.05, 0.1) is 7.11 Å². The molecule has 0 atom stereocenters. The highest BCUT2D eigenvalue weighted by Gasteiger charge is 2.20. The van der Waals surface area contributed by atoms with Crippen LogP contribution < -0.4 is 4.74 Å². The van der Waals surface area contributed by atoms with Gasteiger partial charge in [0.15, 0.2) is 0 Å². The highest BCUT2D eigenvalue weighted by Crippen LogP contribution is 2.25. The minimum Gasteiger partial charge on any atom is -0.507 e. The summed E-state index contributed by atoms with van der Waals surface area (Å²) in [5.74, 6) is 0.686. The van der Waals surface area contributed by atoms with Crippen molar-refractivity contribution in [3.63, 3.8) is 0 Å². The van der Waals surface area contributed by atoms with E-state index >= 15 is 0 Å². The molecule has 1 fully saturated rings. The maximum Gasteiger partial charge on any atom is 0.246 e. The number of aromatic hydroxyl groups is 1. The monoisotopic (exact) mass is 289 g/mol. The van der Waals surface area contributed by atoms with E-state index < -0.39 is 0 Å². The molecule has 0 saturated heterocycles. The van der Waals surface area contributed by atoms with Gasteiger partial charge in [0.25, 0.3) is 0 Å². The Morgan fingerprint density at radius 2 is 2.05 bits per heavy atom. The number of benzene rings is 1. The fourth-order valence-corrected chi connectivity index (χ4v) is 2.72. The van der Waals surface area contributed by atoms with Gasteiger partial charge in [-0.2, -0.15) is 0 Å². The number of hydrogen-bond donors (Lipinski definition) is 1. The van der Waals surface area contributed by atoms with Crippen molar-refractivity contribution in [2.45, 2.75) is 38.1 Å². The van der Waals surface area contributed by atoms with E-state index in [4.69, 9.17) is 4.74 Å². The molecule has 4 heteroatoms. The summed E-state index contributed by atoms with van der Waals surface area (Å²) in [6, 6.07) is 5.38. The Balaban J connectivity index is 2.01. The number of phenols is 1. The van der Waals surface area contributed by atoms with Crippen LogP contribution in [0.25, 0.3) is 6.08 Å². The third-order valence-electron chi connectivity index (χ3n) is 4.11. The molecule has 4 nitrogen and oxygen atoms in total. The van der Waals surface area contributed by atoms with Crippen LogP contribution in [0, 0.1) is 0 Å². The first-order chi connectivity index (χ1) is 10.1. The summed E-state index contributed by atoms with van der Waals surface area (Å²) in [5.41, 5.74) is 0.612. The molecule has 0 radical (unpaired) electrons. The molecule has 1 aromatic rings. The fourth-order valence-electron chi connectivity index (χ4n) is 2.72. The Labute approximate surface area is 126 Å². The second-order valence-electron chi connectivity index (χ2n) is 5.50. The molecular weight excluding hydrogens is 266 g/mol. The van der Waals surface area contributed by atoms with Crippen LogP contribution >= 0.6 is 0 Å². The summed E-state index contributed by atoms with van der Waals surface area (Å²) in [5, 5.41) is 9.87. The third-order valence-corrected chi connectivity index (χ3v) is 4.11. The van der Waals surface area contributed by atoms with Gasteiger partial charge in [-0.05, 0) is 31.1 Å². The molecule has 0 spiro atoms. The van der Waals surface area contributed by atoms with Crippen LogP contribution in [-0.2, 0) is 4.79 Å². The summed E-state index contributed by atoms with van der Waals surface area (Å²) in [7, 11) is 3.41. The second-order valence-corrected chi connectivity index (χ2v) is 5.50. The van der Waals surface area contributed by atoms with Crippen molar-refractivity contribution in [1.29, 1.82) is 0 Å². The molecule has 0 unspecified atom stereocenters. The molecule has 1 aliphatic rings. The SMILES string of the molecule is COc1ccc(/C=C/C(=O)N(C)C2CCCCC2)c(O)c1. The van der Waals surface area contributed by atoms with Gasteiger partial charge in [-0.1, -0.05) is 19.3 Å². The van der Waals surface area contributed by atoms with Crippen molar-refractivity contribution in [3.05, 3.63) is 29.8 Å². The predicted molar refractivity (Wildman–Crippen MR) is 83.3 cm³/mol. The first kappa shape index (κ1) is 15.4. The van der Waals surface area contributed by atoms with Crippen LogP contribution in [0.5, 0.6) is 11.5 Å². The Kier molecular flexibility index (Phi) is 5.26. The highest BCUT2D eigenvalue weighted by molar-refractivity contribution is 5.92. The summed E-state index contributed by atoms with van der Waals surface area (Å²) in [6.45, 7) is 0. The fraction of sp³-hybridized carbons (Fsp3) is 0.471. The zero-order valence-corrected chi connectivity index (χ0v) is 12.7. The van der Waals surface area contributed by atoms with Gasteiger partial charge in [0.2, 0.25) is 5.91 Å². The van der Waals surface area contributed by atoms with Crippen molar-refractivity contribution in [1.82, 2.24) is 4.90 Å². The molecule has 0 aliphatic heterocycles. The zero-order valence-electron chi connectivity index (χ0n) is 12.7. The van der Waals surface area contributed by atoms with E-state index in [1.165, 1.54) is 31.4 Å². The summed E-state index contributed by atoms with van der Waals surface area (Å²) in [4.78, 5) is 14.0. The molecule has 21 heavy (non-hydrogen) atoms. The molecular formula is C17H23NO3. The molecule has 1 aromatic carbocycles. The number of phenolic OH excluding ortho intramolecular Hbond substituents is 1. The van der Waals surface area contributed by atoms with Gasteiger partial charge in [-0.25, -0.2) is 0 Å². The van der Waals surface area contributed by atoms with E-state index in [9.17, 15) is 9.90 Å². The lowest BCUT2D eigenvalue weighted by Gasteiger charge is -2.30. The van der Waals surface area contributed by atoms with Gasteiger partial charge < -0.3 is 14.7 Å². The lowest BCUT2D eigenvalue weighted by Crippen LogP contribution is -2.37. The molecule has 2 rings (SSSR count). The normalized spacial score (nSPS) is 16.1. The molecule has 1 saturated carbocycles. The Morgan fingerprint density at radius 3 is 2.67 bits per heavy atom. The Hall–Kier alpha value is -1.97. The van der Waals surface area contributed by atoms with E-state index in [-0.39, 0.29) is 11.7 Å². The van der Waals surface area contributed by atoms with Crippen LogP contribution in [0.2, 0.25) is 0 Å². The van der Waals surface area contributed by atoms with Gasteiger partial charge in [0.1, 0.15) is 11.5 Å². The average molecular weight is 289 g/mol. The van der Waals surface area contributed by atoms with Crippen molar-refractivity contribution in [2.24, 2.45) is 0 Å². The molecule has 0 bridgehead atoms. The van der Waals surface area contributed by atoms with Gasteiger partial charge >= 0.3 is 0 Å². The quantitative estimate of drug-likeness (QED) is 0.866. The number of likely N-dealkylation sites (N-methyl/N-ethyl adjacent to an activating group) is 1. The van der Waals surface area contributed by atoms with Gasteiger partial charge in [-0.3, -0.25) is 4.79 Å². The predicted octanol–water partition coefficient (Wildman–Crippen LogP) is 3.21. The highest BCUT2D eigenvalue weighted by atomic mass is 16.5. The van der Waals surface area contributed by atoms with Crippen LogP contribution in [0.3, 0.4) is 0 Å². The maximum absolute atomic E-state index is 12.2. The van der Waals surface area contributed by atoms with Crippen LogP contribution in [0.1, 0.15) is 37.7 Å². The largest absolute Gasteiger partial charge is 0.507 e. The molecule has 1 amide bonds. The van der Waals surface area contributed by atoms with Crippen molar-refractivity contribution >= 4 is 12.0 Å². The third kappa shape index (κ3) is 4.00. The standard InChI is InChI=1S/C17H23NO3/c1-18(14-6-4-3-5-7-14)17(20)11-9-13-8-10-15(21-2)12-16(13)19/h8-12,14,19H,3-7H2,1-2H3/b11-9+. The van der Waals surface area contributed by atoms with E-state index in [0.29, 0.717) is 17.4 Å². The smallest absolute Gasteiger partial charge is 0.246 e. The molecule has 1 aliphatic carbocycles. The molecule has 0 heterocycles. The first-order valence-corrected chi connectivity index (χ1v) is 7.43. The first-order valence-electron chi connectivity index (χ1n) is 7.43. The number of amides is 1. The van der Waals surface area contributed by atoms with E-state index in [1.807, 2.05) is 11.9 Å². The number of carbonyl (C=O) groups is 1. The van der Waals surface area contributed by atoms with Crippen LogP contribution in [0.15, 0.2) is 24.3 Å². The number of rotatable bonds is 4.